The molecule has 0 unspecified atom stereocenters. The molecule has 1 aliphatic rings. The normalized spacial score (nSPS) is 14.8. The molecule has 1 atom stereocenters. The molecule has 3 amide bonds. The van der Waals surface area contributed by atoms with Crippen molar-refractivity contribution in [3.63, 3.8) is 0 Å². The van der Waals surface area contributed by atoms with Crippen LogP contribution in [-0.4, -0.2) is 59.3 Å². The van der Waals surface area contributed by atoms with Crippen LogP contribution in [-0.2, 0) is 20.9 Å². The molecule has 1 saturated heterocycles. The largest absolute Gasteiger partial charge is 0.493 e. The van der Waals surface area contributed by atoms with Crippen molar-refractivity contribution in [3.8, 4) is 23.0 Å². The number of halogens is 1. The first-order valence-corrected chi connectivity index (χ1v) is 12.3. The second-order valence-corrected chi connectivity index (χ2v) is 9.00. The Kier molecular flexibility index (Phi) is 8.57. The minimum Gasteiger partial charge on any atom is -0.493 e. The van der Waals surface area contributed by atoms with Gasteiger partial charge in [-0.25, -0.2) is 9.18 Å². The number of nitrogens with one attached hydrogen (secondary N) is 2. The maximum Gasteiger partial charge on any atom is 0.414 e. The number of rotatable bonds is 9. The van der Waals surface area contributed by atoms with Gasteiger partial charge >= 0.3 is 12.1 Å². The molecule has 0 saturated carbocycles. The van der Waals surface area contributed by atoms with Gasteiger partial charge in [-0.15, -0.1) is 0 Å². The third-order valence-corrected chi connectivity index (χ3v) is 6.13. The molecule has 2 heterocycles. The topological polar surface area (TPSA) is 143 Å². The minimum absolute atomic E-state index is 0.0283. The summed E-state index contributed by atoms with van der Waals surface area (Å²) in [6, 6.07) is 11.5. The van der Waals surface area contributed by atoms with Crippen molar-refractivity contribution in [2.45, 2.75) is 26.5 Å². The van der Waals surface area contributed by atoms with Crippen LogP contribution in [0.5, 0.6) is 11.9 Å². The number of aryl methyl sites for hydroxylation is 1. The number of methoxy groups -OCH3 is 1. The molecule has 2 aromatic carbocycles. The van der Waals surface area contributed by atoms with Gasteiger partial charge in [-0.05, 0) is 42.3 Å². The van der Waals surface area contributed by atoms with Gasteiger partial charge in [-0.3, -0.25) is 14.5 Å². The maximum absolute atomic E-state index is 15.0. The van der Waals surface area contributed by atoms with Crippen molar-refractivity contribution in [2.75, 3.05) is 25.1 Å². The standard InChI is InChI=1S/C28H28FN5O6/c1-16-22(26(37)33-27(32-16)39-3)10-11-25(36)31-13-18-4-6-19(7-5-18)23-9-8-20(12-24(23)29)34-15-21(40-28(34)38)14-30-17(2)35/h4-12,21H,13-15H2,1-3H3,(H,30,35)(H,31,36)(H,32,33,37)/b11-10+/t21-/m0/s1. The molecule has 1 aliphatic heterocycles. The van der Waals surface area contributed by atoms with E-state index in [2.05, 4.69) is 20.6 Å². The minimum atomic E-state index is -0.604. The zero-order chi connectivity index (χ0) is 28.8. The summed E-state index contributed by atoms with van der Waals surface area (Å²) in [7, 11) is 1.39. The van der Waals surface area contributed by atoms with Gasteiger partial charge in [0.1, 0.15) is 11.9 Å². The van der Waals surface area contributed by atoms with Crippen molar-refractivity contribution in [2.24, 2.45) is 0 Å². The van der Waals surface area contributed by atoms with E-state index in [1.54, 1.807) is 43.3 Å². The van der Waals surface area contributed by atoms with E-state index in [4.69, 9.17) is 9.47 Å². The van der Waals surface area contributed by atoms with E-state index in [1.165, 1.54) is 37.2 Å². The number of benzene rings is 2. The lowest BCUT2D eigenvalue weighted by Gasteiger charge is -2.15. The van der Waals surface area contributed by atoms with Crippen LogP contribution in [0.3, 0.4) is 0 Å². The number of hydrogen-bond acceptors (Lipinski definition) is 8. The summed E-state index contributed by atoms with van der Waals surface area (Å²) >= 11 is 0. The molecule has 0 spiro atoms. The van der Waals surface area contributed by atoms with Crippen molar-refractivity contribution in [3.05, 3.63) is 71.2 Å². The molecule has 0 radical (unpaired) electrons. The second kappa shape index (κ2) is 12.2. The van der Waals surface area contributed by atoms with Gasteiger partial charge in [0.25, 0.3) is 0 Å². The van der Waals surface area contributed by atoms with Crippen LogP contribution in [0.4, 0.5) is 14.9 Å². The lowest BCUT2D eigenvalue weighted by molar-refractivity contribution is -0.119. The fraction of sp³-hybridized carbons (Fsp3) is 0.250. The number of hydrogen-bond donors (Lipinski definition) is 3. The smallest absolute Gasteiger partial charge is 0.414 e. The highest BCUT2D eigenvalue weighted by molar-refractivity contribution is 5.92. The van der Waals surface area contributed by atoms with Crippen molar-refractivity contribution < 1.29 is 33.4 Å². The van der Waals surface area contributed by atoms with E-state index in [0.717, 1.165) is 5.56 Å². The Labute approximate surface area is 229 Å². The Hall–Kier alpha value is -5.00. The third-order valence-electron chi connectivity index (χ3n) is 6.13. The van der Waals surface area contributed by atoms with Gasteiger partial charge in [-0.1, -0.05) is 24.3 Å². The summed E-state index contributed by atoms with van der Waals surface area (Å²) in [5.41, 5.74) is 2.88. The first-order valence-electron chi connectivity index (χ1n) is 12.3. The Morgan fingerprint density at radius 2 is 1.95 bits per heavy atom. The zero-order valence-corrected chi connectivity index (χ0v) is 22.1. The average Bonchev–Trinajstić information content (AvgIpc) is 3.30. The third kappa shape index (κ3) is 6.70. The molecule has 11 nitrogen and oxygen atoms in total. The van der Waals surface area contributed by atoms with Gasteiger partial charge in [-0.2, -0.15) is 9.97 Å². The summed E-state index contributed by atoms with van der Waals surface area (Å²) < 4.78 is 25.1. The van der Waals surface area contributed by atoms with E-state index in [-0.39, 0.29) is 43.3 Å². The highest BCUT2D eigenvalue weighted by Crippen LogP contribution is 2.29. The lowest BCUT2D eigenvalue weighted by Crippen LogP contribution is -2.33. The van der Waals surface area contributed by atoms with Gasteiger partial charge in [0.2, 0.25) is 17.7 Å². The predicted molar refractivity (Wildman–Crippen MR) is 144 cm³/mol. The van der Waals surface area contributed by atoms with E-state index in [0.29, 0.717) is 28.1 Å². The molecule has 208 valence electrons. The Bertz CT molecular complexity index is 1440. The fourth-order valence-corrected chi connectivity index (χ4v) is 4.04. The van der Waals surface area contributed by atoms with Crippen LogP contribution in [0.25, 0.3) is 17.2 Å². The quantitative estimate of drug-likeness (QED) is 0.346. The van der Waals surface area contributed by atoms with Gasteiger partial charge in [0.15, 0.2) is 0 Å². The Morgan fingerprint density at radius 3 is 2.60 bits per heavy atom. The maximum atomic E-state index is 15.0. The highest BCUT2D eigenvalue weighted by Gasteiger charge is 2.32. The van der Waals surface area contributed by atoms with E-state index in [9.17, 15) is 19.5 Å². The highest BCUT2D eigenvalue weighted by atomic mass is 19.1. The SMILES string of the molecule is COc1nc(C)c(/C=C/C(=O)NCc2ccc(-c3ccc(N4C[C@H](CNC(C)=O)OC4=O)cc3F)cc2)c(O)n1. The molecule has 0 aliphatic carbocycles. The number of aromatic nitrogens is 2. The number of nitrogens with zero attached hydrogens (tertiary/aromatic N) is 3. The number of cyclic esters (lactones) is 1. The number of ether oxygens (including phenoxy) is 2. The molecular formula is C28H28FN5O6. The van der Waals surface area contributed by atoms with Crippen molar-refractivity contribution >= 4 is 29.7 Å². The monoisotopic (exact) mass is 549 g/mol. The first kappa shape index (κ1) is 28.0. The van der Waals surface area contributed by atoms with E-state index < -0.39 is 18.0 Å². The molecule has 1 fully saturated rings. The van der Waals surface area contributed by atoms with Crippen LogP contribution in [0.2, 0.25) is 0 Å². The first-order chi connectivity index (χ1) is 19.1. The molecule has 1 aromatic heterocycles. The summed E-state index contributed by atoms with van der Waals surface area (Å²) in [4.78, 5) is 44.8. The number of carbonyl (C=O) groups is 3. The van der Waals surface area contributed by atoms with Gasteiger partial charge < -0.3 is 25.2 Å². The Balaban J connectivity index is 1.35. The van der Waals surface area contributed by atoms with Gasteiger partial charge in [0, 0.05) is 25.1 Å². The predicted octanol–water partition coefficient (Wildman–Crippen LogP) is 3.10. The number of aromatic hydroxyl groups is 1. The van der Waals surface area contributed by atoms with E-state index >= 15 is 4.39 Å². The van der Waals surface area contributed by atoms with Gasteiger partial charge in [0.05, 0.1) is 37.1 Å². The van der Waals surface area contributed by atoms with Crippen LogP contribution >= 0.6 is 0 Å². The molecule has 4 rings (SSSR count). The average molecular weight is 550 g/mol. The molecule has 40 heavy (non-hydrogen) atoms. The van der Waals surface area contributed by atoms with Crippen molar-refractivity contribution in [1.29, 1.82) is 0 Å². The van der Waals surface area contributed by atoms with Crippen molar-refractivity contribution in [1.82, 2.24) is 20.6 Å². The van der Waals surface area contributed by atoms with Crippen LogP contribution in [0.1, 0.15) is 23.7 Å². The molecular weight excluding hydrogens is 521 g/mol. The summed E-state index contributed by atoms with van der Waals surface area (Å²) in [6.07, 6.45) is 1.56. The van der Waals surface area contributed by atoms with E-state index in [1.807, 2.05) is 0 Å². The number of anilines is 1. The second-order valence-electron chi connectivity index (χ2n) is 9.00. The summed E-state index contributed by atoms with van der Waals surface area (Å²) in [5, 5.41) is 15.4. The molecule has 3 N–H and O–H groups in total. The summed E-state index contributed by atoms with van der Waals surface area (Å²) in [6.45, 7) is 3.64. The zero-order valence-electron chi connectivity index (χ0n) is 22.1. The molecule has 12 heteroatoms. The fourth-order valence-electron chi connectivity index (χ4n) is 4.04. The van der Waals surface area contributed by atoms with Crippen LogP contribution < -0.4 is 20.3 Å². The number of carbonyl (C=O) groups excluding carboxylic acids is 3. The Morgan fingerprint density at radius 1 is 1.20 bits per heavy atom. The summed E-state index contributed by atoms with van der Waals surface area (Å²) in [5.74, 6) is -1.43. The molecule has 0 bridgehead atoms. The van der Waals surface area contributed by atoms with Crippen LogP contribution in [0, 0.1) is 12.7 Å². The number of amides is 3. The lowest BCUT2D eigenvalue weighted by atomic mass is 10.0. The molecule has 3 aromatic rings. The van der Waals surface area contributed by atoms with Crippen LogP contribution in [0.15, 0.2) is 48.5 Å².